The van der Waals surface area contributed by atoms with Crippen molar-refractivity contribution in [3.63, 3.8) is 0 Å². The van der Waals surface area contributed by atoms with Crippen molar-refractivity contribution in [2.75, 3.05) is 18.8 Å². The number of likely N-dealkylation sites (tertiary alicyclic amines) is 1. The van der Waals surface area contributed by atoms with E-state index in [0.717, 1.165) is 5.56 Å². The van der Waals surface area contributed by atoms with Crippen molar-refractivity contribution in [2.24, 2.45) is 5.92 Å². The molecule has 1 aromatic carbocycles. The zero-order valence-corrected chi connectivity index (χ0v) is 11.1. The van der Waals surface area contributed by atoms with Gasteiger partial charge in [-0.1, -0.05) is 11.6 Å². The first kappa shape index (κ1) is 14.5. The number of anilines is 1. The number of halogens is 4. The number of benzene rings is 1. The van der Waals surface area contributed by atoms with Crippen molar-refractivity contribution in [1.82, 2.24) is 4.90 Å². The number of hydrogen-bond acceptors (Lipinski definition) is 2. The van der Waals surface area contributed by atoms with Crippen LogP contribution in [0.25, 0.3) is 0 Å². The fourth-order valence-corrected chi connectivity index (χ4v) is 2.57. The summed E-state index contributed by atoms with van der Waals surface area (Å²) in [6, 6.07) is 5.20. The summed E-state index contributed by atoms with van der Waals surface area (Å²) in [5.41, 5.74) is 7.34. The Morgan fingerprint density at radius 2 is 1.89 bits per heavy atom. The monoisotopic (exact) mass is 292 g/mol. The Hall–Kier alpha value is -0.940. The van der Waals surface area contributed by atoms with E-state index in [9.17, 15) is 13.2 Å². The molecule has 1 aliphatic heterocycles. The number of nitrogens with two attached hydrogens (primary N) is 1. The Balaban J connectivity index is 1.94. The lowest BCUT2D eigenvalue weighted by Gasteiger charge is -2.33. The molecule has 106 valence electrons. The number of alkyl halides is 3. The van der Waals surface area contributed by atoms with Crippen LogP contribution in [-0.2, 0) is 6.54 Å². The van der Waals surface area contributed by atoms with Crippen molar-refractivity contribution < 1.29 is 13.2 Å². The molecule has 1 aromatic rings. The zero-order valence-electron chi connectivity index (χ0n) is 10.4. The van der Waals surface area contributed by atoms with E-state index in [1.807, 2.05) is 4.90 Å². The second-order valence-corrected chi connectivity index (χ2v) is 5.37. The second-order valence-electron chi connectivity index (χ2n) is 4.94. The highest BCUT2D eigenvalue weighted by Crippen LogP contribution is 2.34. The third kappa shape index (κ3) is 3.76. The third-order valence-corrected chi connectivity index (χ3v) is 3.78. The fraction of sp³-hybridized carbons (Fsp3) is 0.538. The topological polar surface area (TPSA) is 29.3 Å². The smallest absolute Gasteiger partial charge is 0.391 e. The van der Waals surface area contributed by atoms with Gasteiger partial charge in [0.05, 0.1) is 5.92 Å². The van der Waals surface area contributed by atoms with Crippen molar-refractivity contribution in [1.29, 1.82) is 0 Å². The number of rotatable bonds is 2. The Morgan fingerprint density at radius 3 is 2.47 bits per heavy atom. The van der Waals surface area contributed by atoms with Gasteiger partial charge in [-0.15, -0.1) is 0 Å². The molecule has 0 unspecified atom stereocenters. The van der Waals surface area contributed by atoms with Gasteiger partial charge in [-0.05, 0) is 49.7 Å². The molecule has 1 aliphatic rings. The van der Waals surface area contributed by atoms with Crippen LogP contribution < -0.4 is 5.73 Å². The van der Waals surface area contributed by atoms with Crippen molar-refractivity contribution in [2.45, 2.75) is 25.6 Å². The van der Waals surface area contributed by atoms with E-state index in [4.69, 9.17) is 17.3 Å². The van der Waals surface area contributed by atoms with Crippen LogP contribution in [0.3, 0.4) is 0 Å². The van der Waals surface area contributed by atoms with E-state index in [0.29, 0.717) is 30.3 Å². The molecular weight excluding hydrogens is 277 g/mol. The van der Waals surface area contributed by atoms with Crippen molar-refractivity contribution in [3.05, 3.63) is 28.8 Å². The lowest BCUT2D eigenvalue weighted by molar-refractivity contribution is -0.185. The van der Waals surface area contributed by atoms with Crippen molar-refractivity contribution in [3.8, 4) is 0 Å². The molecule has 0 saturated carbocycles. The van der Waals surface area contributed by atoms with Crippen molar-refractivity contribution >= 4 is 17.3 Å². The molecule has 0 aromatic heterocycles. The van der Waals surface area contributed by atoms with Gasteiger partial charge in [-0.2, -0.15) is 13.2 Å². The Bertz CT molecular complexity index is 440. The first-order chi connectivity index (χ1) is 8.86. The number of piperidine rings is 1. The lowest BCUT2D eigenvalue weighted by atomic mass is 9.96. The molecule has 1 fully saturated rings. The summed E-state index contributed by atoms with van der Waals surface area (Å²) in [7, 11) is 0. The molecule has 2 N–H and O–H groups in total. The average Bonchev–Trinajstić information content (AvgIpc) is 2.33. The summed E-state index contributed by atoms with van der Waals surface area (Å²) in [4.78, 5) is 1.99. The molecule has 19 heavy (non-hydrogen) atoms. The molecule has 2 rings (SSSR count). The van der Waals surface area contributed by atoms with Crippen LogP contribution in [0.2, 0.25) is 5.02 Å². The molecule has 0 amide bonds. The second kappa shape index (κ2) is 5.59. The van der Waals surface area contributed by atoms with Crippen LogP contribution in [0.5, 0.6) is 0 Å². The van der Waals surface area contributed by atoms with Gasteiger partial charge in [0.1, 0.15) is 0 Å². The molecule has 0 spiro atoms. The Kier molecular flexibility index (Phi) is 4.26. The minimum atomic E-state index is -4.07. The predicted octanol–water partition coefficient (Wildman–Crippen LogP) is 3.70. The van der Waals surface area contributed by atoms with E-state index in [2.05, 4.69) is 0 Å². The summed E-state index contributed by atoms with van der Waals surface area (Å²) in [6.07, 6.45) is -3.75. The molecular formula is C13H16ClF3N2. The molecule has 0 aliphatic carbocycles. The molecule has 1 heterocycles. The van der Waals surface area contributed by atoms with Gasteiger partial charge >= 0.3 is 6.18 Å². The number of nitrogens with zero attached hydrogens (tertiary/aromatic N) is 1. The minimum absolute atomic E-state index is 0.157. The maximum absolute atomic E-state index is 12.6. The minimum Gasteiger partial charge on any atom is -0.398 e. The molecule has 0 radical (unpaired) electrons. The van der Waals surface area contributed by atoms with Crippen LogP contribution in [0.1, 0.15) is 18.4 Å². The molecule has 0 atom stereocenters. The zero-order chi connectivity index (χ0) is 14.0. The predicted molar refractivity (Wildman–Crippen MR) is 69.9 cm³/mol. The van der Waals surface area contributed by atoms with Crippen LogP contribution in [-0.4, -0.2) is 24.2 Å². The Labute approximate surface area is 115 Å². The lowest BCUT2D eigenvalue weighted by Crippen LogP contribution is -2.38. The van der Waals surface area contributed by atoms with Gasteiger partial charge in [0, 0.05) is 17.3 Å². The van der Waals surface area contributed by atoms with Gasteiger partial charge in [0.15, 0.2) is 0 Å². The molecule has 0 bridgehead atoms. The highest BCUT2D eigenvalue weighted by Gasteiger charge is 2.40. The number of hydrogen-bond donors (Lipinski definition) is 1. The normalized spacial score (nSPS) is 18.7. The van der Waals surface area contributed by atoms with Gasteiger partial charge in [-0.25, -0.2) is 0 Å². The first-order valence-electron chi connectivity index (χ1n) is 6.19. The summed E-state index contributed by atoms with van der Waals surface area (Å²) < 4.78 is 37.7. The highest BCUT2D eigenvalue weighted by molar-refractivity contribution is 6.30. The first-order valence-corrected chi connectivity index (χ1v) is 6.57. The van der Waals surface area contributed by atoms with E-state index >= 15 is 0 Å². The van der Waals surface area contributed by atoms with E-state index < -0.39 is 12.1 Å². The summed E-state index contributed by atoms with van der Waals surface area (Å²) in [6.45, 7) is 1.43. The molecule has 1 saturated heterocycles. The van der Waals surface area contributed by atoms with E-state index in [1.165, 1.54) is 0 Å². The Morgan fingerprint density at radius 1 is 1.26 bits per heavy atom. The summed E-state index contributed by atoms with van der Waals surface area (Å²) >= 11 is 5.89. The van der Waals surface area contributed by atoms with Crippen LogP contribution in [0.15, 0.2) is 18.2 Å². The maximum Gasteiger partial charge on any atom is 0.391 e. The average molecular weight is 293 g/mol. The fourth-order valence-electron chi connectivity index (χ4n) is 2.37. The van der Waals surface area contributed by atoms with E-state index in [1.54, 1.807) is 18.2 Å². The highest BCUT2D eigenvalue weighted by atomic mass is 35.5. The van der Waals surface area contributed by atoms with Crippen LogP contribution in [0, 0.1) is 5.92 Å². The summed E-state index contributed by atoms with van der Waals surface area (Å²) in [5.74, 6) is -1.17. The number of nitrogen functional groups attached to an aromatic ring is 1. The SMILES string of the molecule is Nc1ccc(Cl)cc1CN1CCC(C(F)(F)F)CC1. The largest absolute Gasteiger partial charge is 0.398 e. The van der Waals surface area contributed by atoms with Gasteiger partial charge < -0.3 is 5.73 Å². The standard InChI is InChI=1S/C13H16ClF3N2/c14-11-1-2-12(18)9(7-11)8-19-5-3-10(4-6-19)13(15,16)17/h1-2,7,10H,3-6,8,18H2. The van der Waals surface area contributed by atoms with Gasteiger partial charge in [0.2, 0.25) is 0 Å². The molecule has 6 heteroatoms. The van der Waals surface area contributed by atoms with Crippen LogP contribution >= 0.6 is 11.6 Å². The van der Waals surface area contributed by atoms with Gasteiger partial charge in [0.25, 0.3) is 0 Å². The third-order valence-electron chi connectivity index (χ3n) is 3.55. The van der Waals surface area contributed by atoms with Gasteiger partial charge in [-0.3, -0.25) is 4.90 Å². The molecule has 2 nitrogen and oxygen atoms in total. The van der Waals surface area contributed by atoms with Crippen LogP contribution in [0.4, 0.5) is 18.9 Å². The van der Waals surface area contributed by atoms with E-state index in [-0.39, 0.29) is 12.8 Å². The maximum atomic E-state index is 12.6. The summed E-state index contributed by atoms with van der Waals surface area (Å²) in [5, 5.41) is 0.592. The quantitative estimate of drug-likeness (QED) is 0.842.